The minimum absolute atomic E-state index is 0.360. The van der Waals surface area contributed by atoms with Gasteiger partial charge in [0.15, 0.2) is 0 Å². The first-order chi connectivity index (χ1) is 11.8. The van der Waals surface area contributed by atoms with Gasteiger partial charge in [-0.3, -0.25) is 9.47 Å². The van der Waals surface area contributed by atoms with E-state index in [9.17, 15) is 5.11 Å². The van der Waals surface area contributed by atoms with Crippen LogP contribution in [0.4, 0.5) is 0 Å². The molecule has 0 radical (unpaired) electrons. The van der Waals surface area contributed by atoms with Crippen LogP contribution >= 0.6 is 0 Å². The van der Waals surface area contributed by atoms with Gasteiger partial charge >= 0.3 is 0 Å². The fourth-order valence-electron chi connectivity index (χ4n) is 3.34. The monoisotopic (exact) mass is 326 g/mol. The standard InChI is InChI=1S/C17H22N6O/c24-15(10-22-5-3-18-4-6-22)7-13-9-19-17-2-1-14(8-16(13)17)23-11-20-21-12-23/h1-2,8-9,11-12,15,18-19,24H,3-7,10H2/t15-/m0/s1. The number of aromatic nitrogens is 4. The fourth-order valence-corrected chi connectivity index (χ4v) is 3.34. The fraction of sp³-hybridized carbons (Fsp3) is 0.412. The maximum atomic E-state index is 10.5. The summed E-state index contributed by atoms with van der Waals surface area (Å²) in [4.78, 5) is 5.61. The largest absolute Gasteiger partial charge is 0.391 e. The average Bonchev–Trinajstić information content (AvgIpc) is 3.26. The molecule has 7 nitrogen and oxygen atoms in total. The highest BCUT2D eigenvalue weighted by Gasteiger charge is 2.16. The number of nitrogens with zero attached hydrogens (tertiary/aromatic N) is 4. The number of aliphatic hydroxyl groups excluding tert-OH is 1. The van der Waals surface area contributed by atoms with Crippen molar-refractivity contribution in [3.8, 4) is 5.69 Å². The van der Waals surface area contributed by atoms with Crippen molar-refractivity contribution in [2.45, 2.75) is 12.5 Å². The van der Waals surface area contributed by atoms with Crippen LogP contribution in [-0.2, 0) is 6.42 Å². The predicted octanol–water partition coefficient (Wildman–Crippen LogP) is 0.557. The molecule has 0 aliphatic carbocycles. The number of hydrogen-bond acceptors (Lipinski definition) is 5. The minimum atomic E-state index is -0.360. The van der Waals surface area contributed by atoms with E-state index in [0.717, 1.165) is 54.9 Å². The molecule has 3 heterocycles. The smallest absolute Gasteiger partial charge is 0.123 e. The summed E-state index contributed by atoms with van der Waals surface area (Å²) >= 11 is 0. The molecule has 1 saturated heterocycles. The van der Waals surface area contributed by atoms with Crippen molar-refractivity contribution in [3.05, 3.63) is 42.6 Å². The van der Waals surface area contributed by atoms with E-state index in [2.05, 4.69) is 37.5 Å². The first kappa shape index (κ1) is 15.3. The molecule has 0 saturated carbocycles. The molecule has 1 aliphatic heterocycles. The van der Waals surface area contributed by atoms with Crippen LogP contribution in [0, 0.1) is 0 Å². The molecule has 1 atom stereocenters. The number of nitrogens with one attached hydrogen (secondary N) is 2. The maximum absolute atomic E-state index is 10.5. The van der Waals surface area contributed by atoms with Gasteiger partial charge in [-0.2, -0.15) is 0 Å². The zero-order valence-electron chi connectivity index (χ0n) is 13.5. The SMILES string of the molecule is O[C@@H](Cc1c[nH]c2ccc(-n3cnnc3)cc12)CN1CCNCC1. The van der Waals surface area contributed by atoms with E-state index in [1.165, 1.54) is 0 Å². The molecule has 3 aromatic rings. The highest BCUT2D eigenvalue weighted by molar-refractivity contribution is 5.85. The van der Waals surface area contributed by atoms with Gasteiger partial charge in [-0.25, -0.2) is 0 Å². The van der Waals surface area contributed by atoms with Gasteiger partial charge in [0.1, 0.15) is 12.7 Å². The molecule has 0 unspecified atom stereocenters. The van der Waals surface area contributed by atoms with E-state index in [0.29, 0.717) is 6.42 Å². The molecular weight excluding hydrogens is 304 g/mol. The Hall–Kier alpha value is -2.22. The summed E-state index contributed by atoms with van der Waals surface area (Å²) in [5, 5.41) is 22.7. The van der Waals surface area contributed by atoms with Gasteiger partial charge in [-0.15, -0.1) is 10.2 Å². The molecule has 1 fully saturated rings. The lowest BCUT2D eigenvalue weighted by molar-refractivity contribution is 0.105. The number of benzene rings is 1. The summed E-state index contributed by atoms with van der Waals surface area (Å²) in [7, 11) is 0. The van der Waals surface area contributed by atoms with Crippen molar-refractivity contribution >= 4 is 10.9 Å². The molecule has 2 aromatic heterocycles. The number of aromatic amines is 1. The van der Waals surface area contributed by atoms with Crippen molar-refractivity contribution in [3.63, 3.8) is 0 Å². The molecule has 126 valence electrons. The van der Waals surface area contributed by atoms with Gasteiger partial charge in [0.05, 0.1) is 6.10 Å². The van der Waals surface area contributed by atoms with E-state index in [1.54, 1.807) is 12.7 Å². The number of hydrogen-bond donors (Lipinski definition) is 3. The van der Waals surface area contributed by atoms with Gasteiger partial charge in [-0.05, 0) is 23.8 Å². The zero-order valence-corrected chi connectivity index (χ0v) is 13.5. The number of fused-ring (bicyclic) bond motifs is 1. The molecule has 0 bridgehead atoms. The Morgan fingerprint density at radius 3 is 2.75 bits per heavy atom. The Bertz CT molecular complexity index is 791. The lowest BCUT2D eigenvalue weighted by Crippen LogP contribution is -2.46. The summed E-state index contributed by atoms with van der Waals surface area (Å²) in [6.45, 7) is 4.73. The number of H-pyrrole nitrogens is 1. The molecule has 1 aromatic carbocycles. The highest BCUT2D eigenvalue weighted by Crippen LogP contribution is 2.23. The molecule has 0 amide bonds. The quantitative estimate of drug-likeness (QED) is 0.638. The predicted molar refractivity (Wildman–Crippen MR) is 92.2 cm³/mol. The lowest BCUT2D eigenvalue weighted by atomic mass is 10.1. The second kappa shape index (κ2) is 6.72. The van der Waals surface area contributed by atoms with Gasteiger partial charge in [0.25, 0.3) is 0 Å². The number of aliphatic hydroxyl groups is 1. The van der Waals surface area contributed by atoms with E-state index in [1.807, 2.05) is 16.8 Å². The molecule has 4 rings (SSSR count). The molecule has 0 spiro atoms. The third kappa shape index (κ3) is 3.19. The second-order valence-corrected chi connectivity index (χ2v) is 6.32. The molecular formula is C17H22N6O. The van der Waals surface area contributed by atoms with Crippen LogP contribution in [0.2, 0.25) is 0 Å². The van der Waals surface area contributed by atoms with Crippen molar-refractivity contribution in [1.82, 2.24) is 30.0 Å². The van der Waals surface area contributed by atoms with Gasteiger partial charge in [0.2, 0.25) is 0 Å². The van der Waals surface area contributed by atoms with Crippen molar-refractivity contribution in [2.75, 3.05) is 32.7 Å². The molecule has 1 aliphatic rings. The number of β-amino-alcohol motifs (C(OH)–C–C–N with tert-alkyl or cyclic N) is 1. The third-order valence-electron chi connectivity index (χ3n) is 4.60. The van der Waals surface area contributed by atoms with Crippen LogP contribution in [0.5, 0.6) is 0 Å². The van der Waals surface area contributed by atoms with Crippen LogP contribution in [0.25, 0.3) is 16.6 Å². The van der Waals surface area contributed by atoms with Crippen LogP contribution < -0.4 is 5.32 Å². The van der Waals surface area contributed by atoms with Gasteiger partial charge < -0.3 is 15.4 Å². The van der Waals surface area contributed by atoms with E-state index >= 15 is 0 Å². The summed E-state index contributed by atoms with van der Waals surface area (Å²) in [6.07, 6.45) is 5.66. The first-order valence-electron chi connectivity index (χ1n) is 8.36. The minimum Gasteiger partial charge on any atom is -0.391 e. The molecule has 24 heavy (non-hydrogen) atoms. The molecule has 3 N–H and O–H groups in total. The summed E-state index contributed by atoms with van der Waals surface area (Å²) in [5.74, 6) is 0. The van der Waals surface area contributed by atoms with Crippen LogP contribution in [0.15, 0.2) is 37.1 Å². The maximum Gasteiger partial charge on any atom is 0.123 e. The Morgan fingerprint density at radius 2 is 1.96 bits per heavy atom. The average molecular weight is 326 g/mol. The van der Waals surface area contributed by atoms with Crippen molar-refractivity contribution < 1.29 is 5.11 Å². The van der Waals surface area contributed by atoms with Gasteiger partial charge in [-0.1, -0.05) is 0 Å². The molecule has 7 heteroatoms. The lowest BCUT2D eigenvalue weighted by Gasteiger charge is -2.29. The van der Waals surface area contributed by atoms with Gasteiger partial charge in [0, 0.05) is 61.9 Å². The second-order valence-electron chi connectivity index (χ2n) is 6.32. The normalized spacial score (nSPS) is 17.4. The van der Waals surface area contributed by atoms with E-state index in [-0.39, 0.29) is 6.10 Å². The Kier molecular flexibility index (Phi) is 4.29. The summed E-state index contributed by atoms with van der Waals surface area (Å²) < 4.78 is 1.88. The Balaban J connectivity index is 1.52. The van der Waals surface area contributed by atoms with Crippen LogP contribution in [0.3, 0.4) is 0 Å². The highest BCUT2D eigenvalue weighted by atomic mass is 16.3. The topological polar surface area (TPSA) is 82.0 Å². The van der Waals surface area contributed by atoms with Crippen molar-refractivity contribution in [2.24, 2.45) is 0 Å². The summed E-state index contributed by atoms with van der Waals surface area (Å²) in [6, 6.07) is 6.20. The third-order valence-corrected chi connectivity index (χ3v) is 4.60. The first-order valence-corrected chi connectivity index (χ1v) is 8.36. The number of rotatable bonds is 5. The van der Waals surface area contributed by atoms with E-state index < -0.39 is 0 Å². The van der Waals surface area contributed by atoms with Crippen LogP contribution in [-0.4, -0.2) is 68.6 Å². The zero-order chi connectivity index (χ0) is 16.4. The van der Waals surface area contributed by atoms with Crippen molar-refractivity contribution in [1.29, 1.82) is 0 Å². The number of piperazine rings is 1. The Labute approximate surface area is 140 Å². The Morgan fingerprint density at radius 1 is 1.17 bits per heavy atom. The van der Waals surface area contributed by atoms with Crippen LogP contribution in [0.1, 0.15) is 5.56 Å². The van der Waals surface area contributed by atoms with E-state index in [4.69, 9.17) is 0 Å². The summed E-state index contributed by atoms with van der Waals surface area (Å²) in [5.41, 5.74) is 3.24.